The normalized spacial score (nSPS) is 10.1. The molecule has 1 amide bonds. The van der Waals surface area contributed by atoms with Crippen molar-refractivity contribution < 1.29 is 4.79 Å². The number of halogens is 1. The average Bonchev–Trinajstić information content (AvgIpc) is 2.34. The standard InChI is InChI=1S/C13H19ClN2O/c1-16(2)12-7-5-6-11(10-12)13(17)15-9-4-3-8-14/h5-7,10H,3-4,8-9H2,1-2H3,(H,15,17). The van der Waals surface area contributed by atoms with Crippen molar-refractivity contribution in [3.8, 4) is 0 Å². The van der Waals surface area contributed by atoms with Gasteiger partial charge in [0.05, 0.1) is 0 Å². The summed E-state index contributed by atoms with van der Waals surface area (Å²) in [5.74, 6) is 0.620. The summed E-state index contributed by atoms with van der Waals surface area (Å²) in [4.78, 5) is 13.8. The molecule has 1 aromatic carbocycles. The molecule has 0 unspecified atom stereocenters. The second kappa shape index (κ2) is 7.17. The van der Waals surface area contributed by atoms with Gasteiger partial charge in [0.1, 0.15) is 0 Å². The minimum absolute atomic E-state index is 0.0247. The van der Waals surface area contributed by atoms with Crippen LogP contribution in [-0.2, 0) is 0 Å². The Morgan fingerprint density at radius 3 is 2.76 bits per heavy atom. The first kappa shape index (κ1) is 13.8. The van der Waals surface area contributed by atoms with E-state index >= 15 is 0 Å². The molecule has 0 spiro atoms. The lowest BCUT2D eigenvalue weighted by molar-refractivity contribution is 0.0953. The number of unbranched alkanes of at least 4 members (excludes halogenated alkanes) is 1. The highest BCUT2D eigenvalue weighted by molar-refractivity contribution is 6.17. The van der Waals surface area contributed by atoms with Crippen LogP contribution in [0.3, 0.4) is 0 Å². The van der Waals surface area contributed by atoms with E-state index in [0.717, 1.165) is 18.5 Å². The number of carbonyl (C=O) groups excluding carboxylic acids is 1. The lowest BCUT2D eigenvalue weighted by Gasteiger charge is -2.13. The second-order valence-corrected chi connectivity index (χ2v) is 4.47. The van der Waals surface area contributed by atoms with Gasteiger partial charge in [0.2, 0.25) is 0 Å². The van der Waals surface area contributed by atoms with E-state index in [2.05, 4.69) is 5.32 Å². The fourth-order valence-electron chi connectivity index (χ4n) is 1.45. The first-order chi connectivity index (χ1) is 8.15. The predicted molar refractivity (Wildman–Crippen MR) is 73.1 cm³/mol. The Bertz CT molecular complexity index is 366. The largest absolute Gasteiger partial charge is 0.378 e. The Morgan fingerprint density at radius 2 is 2.12 bits per heavy atom. The van der Waals surface area contributed by atoms with E-state index in [-0.39, 0.29) is 5.91 Å². The van der Waals surface area contributed by atoms with Crippen LogP contribution in [-0.4, -0.2) is 32.4 Å². The van der Waals surface area contributed by atoms with Crippen LogP contribution < -0.4 is 10.2 Å². The average molecular weight is 255 g/mol. The highest BCUT2D eigenvalue weighted by Crippen LogP contribution is 2.13. The Morgan fingerprint density at radius 1 is 1.35 bits per heavy atom. The van der Waals surface area contributed by atoms with E-state index in [9.17, 15) is 4.79 Å². The number of nitrogens with zero attached hydrogens (tertiary/aromatic N) is 1. The molecule has 4 heteroatoms. The number of hydrogen-bond acceptors (Lipinski definition) is 2. The maximum Gasteiger partial charge on any atom is 0.251 e. The number of amides is 1. The van der Waals surface area contributed by atoms with Gasteiger partial charge in [-0.05, 0) is 31.0 Å². The van der Waals surface area contributed by atoms with Crippen molar-refractivity contribution in [3.63, 3.8) is 0 Å². The molecular formula is C13H19ClN2O. The topological polar surface area (TPSA) is 32.3 Å². The monoisotopic (exact) mass is 254 g/mol. The maximum absolute atomic E-state index is 11.8. The van der Waals surface area contributed by atoms with Crippen molar-refractivity contribution in [1.82, 2.24) is 5.32 Å². The van der Waals surface area contributed by atoms with Crippen LogP contribution in [0.4, 0.5) is 5.69 Å². The molecule has 0 saturated carbocycles. The minimum atomic E-state index is -0.0247. The molecule has 1 aromatic rings. The molecule has 17 heavy (non-hydrogen) atoms. The third-order valence-corrected chi connectivity index (χ3v) is 2.74. The third-order valence-electron chi connectivity index (χ3n) is 2.47. The van der Waals surface area contributed by atoms with Gasteiger partial charge in [0, 0.05) is 37.8 Å². The molecule has 0 bridgehead atoms. The van der Waals surface area contributed by atoms with Gasteiger partial charge in [-0.3, -0.25) is 4.79 Å². The Hall–Kier alpha value is -1.22. The lowest BCUT2D eigenvalue weighted by Crippen LogP contribution is -2.24. The van der Waals surface area contributed by atoms with Gasteiger partial charge in [-0.25, -0.2) is 0 Å². The van der Waals surface area contributed by atoms with Crippen molar-refractivity contribution in [3.05, 3.63) is 29.8 Å². The second-order valence-electron chi connectivity index (χ2n) is 4.10. The van der Waals surface area contributed by atoms with Gasteiger partial charge >= 0.3 is 0 Å². The summed E-state index contributed by atoms with van der Waals surface area (Å²) < 4.78 is 0. The van der Waals surface area contributed by atoms with E-state index in [4.69, 9.17) is 11.6 Å². The third kappa shape index (κ3) is 4.65. The van der Waals surface area contributed by atoms with Crippen LogP contribution in [0.25, 0.3) is 0 Å². The number of alkyl halides is 1. The van der Waals surface area contributed by atoms with E-state index in [1.807, 2.05) is 43.3 Å². The zero-order valence-electron chi connectivity index (χ0n) is 10.4. The van der Waals surface area contributed by atoms with Crippen molar-refractivity contribution in [2.45, 2.75) is 12.8 Å². The minimum Gasteiger partial charge on any atom is -0.378 e. The van der Waals surface area contributed by atoms with E-state index in [1.165, 1.54) is 0 Å². The van der Waals surface area contributed by atoms with Crippen LogP contribution in [0.15, 0.2) is 24.3 Å². The van der Waals surface area contributed by atoms with Gasteiger partial charge in [0.15, 0.2) is 0 Å². The molecule has 1 N–H and O–H groups in total. The van der Waals surface area contributed by atoms with Gasteiger partial charge < -0.3 is 10.2 Å². The molecule has 94 valence electrons. The zero-order valence-corrected chi connectivity index (χ0v) is 11.1. The summed E-state index contributed by atoms with van der Waals surface area (Å²) in [5, 5.41) is 2.88. The summed E-state index contributed by atoms with van der Waals surface area (Å²) in [6.07, 6.45) is 1.85. The Kier molecular flexibility index (Phi) is 5.84. The summed E-state index contributed by atoms with van der Waals surface area (Å²) >= 11 is 5.57. The zero-order chi connectivity index (χ0) is 12.7. The number of rotatable bonds is 6. The van der Waals surface area contributed by atoms with Crippen molar-refractivity contribution in [2.75, 3.05) is 31.4 Å². The summed E-state index contributed by atoms with van der Waals surface area (Å²) in [5.41, 5.74) is 1.72. The van der Waals surface area contributed by atoms with Crippen LogP contribution in [0, 0.1) is 0 Å². The molecule has 3 nitrogen and oxygen atoms in total. The molecule has 0 heterocycles. The molecule has 0 radical (unpaired) electrons. The molecule has 0 aliphatic rings. The number of nitrogens with one attached hydrogen (secondary N) is 1. The molecular weight excluding hydrogens is 236 g/mol. The fraction of sp³-hybridized carbons (Fsp3) is 0.462. The van der Waals surface area contributed by atoms with Crippen LogP contribution in [0.1, 0.15) is 23.2 Å². The van der Waals surface area contributed by atoms with E-state index < -0.39 is 0 Å². The number of hydrogen-bond donors (Lipinski definition) is 1. The number of benzene rings is 1. The molecule has 0 aliphatic carbocycles. The van der Waals surface area contributed by atoms with Gasteiger partial charge in [-0.15, -0.1) is 11.6 Å². The highest BCUT2D eigenvalue weighted by atomic mass is 35.5. The van der Waals surface area contributed by atoms with Crippen molar-refractivity contribution in [2.24, 2.45) is 0 Å². The smallest absolute Gasteiger partial charge is 0.251 e. The molecule has 0 atom stereocenters. The lowest BCUT2D eigenvalue weighted by atomic mass is 10.2. The van der Waals surface area contributed by atoms with E-state index in [0.29, 0.717) is 18.0 Å². The first-order valence-electron chi connectivity index (χ1n) is 5.76. The number of anilines is 1. The first-order valence-corrected chi connectivity index (χ1v) is 6.30. The van der Waals surface area contributed by atoms with Crippen LogP contribution >= 0.6 is 11.6 Å². The van der Waals surface area contributed by atoms with Crippen molar-refractivity contribution in [1.29, 1.82) is 0 Å². The predicted octanol–water partition coefficient (Wildman–Crippen LogP) is 2.50. The quantitative estimate of drug-likeness (QED) is 0.625. The highest BCUT2D eigenvalue weighted by Gasteiger charge is 2.05. The van der Waals surface area contributed by atoms with Crippen molar-refractivity contribution >= 4 is 23.2 Å². The summed E-state index contributed by atoms with van der Waals surface area (Å²) in [7, 11) is 3.91. The Labute approximate surface area is 108 Å². The molecule has 0 aliphatic heterocycles. The van der Waals surface area contributed by atoms with Crippen LogP contribution in [0.2, 0.25) is 0 Å². The van der Waals surface area contributed by atoms with Crippen LogP contribution in [0.5, 0.6) is 0 Å². The summed E-state index contributed by atoms with van der Waals surface area (Å²) in [6.45, 7) is 0.678. The number of carbonyl (C=O) groups is 1. The van der Waals surface area contributed by atoms with Gasteiger partial charge in [-0.1, -0.05) is 6.07 Å². The molecule has 0 fully saturated rings. The van der Waals surface area contributed by atoms with E-state index in [1.54, 1.807) is 0 Å². The van der Waals surface area contributed by atoms with Gasteiger partial charge in [0.25, 0.3) is 5.91 Å². The molecule has 0 aromatic heterocycles. The SMILES string of the molecule is CN(C)c1cccc(C(=O)NCCCCCl)c1. The Balaban J connectivity index is 2.53. The molecule has 1 rings (SSSR count). The maximum atomic E-state index is 11.8. The van der Waals surface area contributed by atoms with Gasteiger partial charge in [-0.2, -0.15) is 0 Å². The molecule has 0 saturated heterocycles. The fourth-order valence-corrected chi connectivity index (χ4v) is 1.64. The summed E-state index contributed by atoms with van der Waals surface area (Å²) in [6, 6.07) is 7.58.